The Hall–Kier alpha value is -1.41. The molecular formula is C30H42N2O4S. The standard InChI is InChI=1S/C30H42N2O4S/c1-20-3-5-25(22-8-11-35-15-22)31-18-29(10-7-24(20)31)17-30(37(34)19-29)13-27-21(2)4-6-26(23-9-12-36-16-23)32(27)28(33)14-30/h8-9,11-12,15-16,20-21,24-28,33H,3-7,10,13-14,17-19H2,1-2H3/t20-,21+,24-,25+,26-,27-,28-,29+,30-,37-/m0/s1. The number of hydrogen-bond donors (Lipinski definition) is 1. The van der Waals surface area contributed by atoms with Crippen LogP contribution in [-0.2, 0) is 10.8 Å². The first-order valence-electron chi connectivity index (χ1n) is 14.5. The number of piperidine rings is 4. The Balaban J connectivity index is 1.16. The van der Waals surface area contributed by atoms with Gasteiger partial charge in [0.05, 0.1) is 29.8 Å². The number of nitrogens with zero attached hydrogens (tertiary/aromatic N) is 2. The topological polar surface area (TPSA) is 70.1 Å². The van der Waals surface area contributed by atoms with Crippen LogP contribution in [0.1, 0.15) is 94.8 Å². The molecule has 0 aliphatic carbocycles. The largest absolute Gasteiger partial charge is 0.472 e. The van der Waals surface area contributed by atoms with Crippen LogP contribution in [0.3, 0.4) is 0 Å². The van der Waals surface area contributed by atoms with Gasteiger partial charge < -0.3 is 13.9 Å². The van der Waals surface area contributed by atoms with Crippen molar-refractivity contribution in [1.82, 2.24) is 9.80 Å². The van der Waals surface area contributed by atoms with E-state index in [0.717, 1.165) is 38.0 Å². The van der Waals surface area contributed by atoms with E-state index < -0.39 is 17.0 Å². The van der Waals surface area contributed by atoms with Gasteiger partial charge >= 0.3 is 0 Å². The van der Waals surface area contributed by atoms with Gasteiger partial charge in [0, 0.05) is 64.8 Å². The number of rotatable bonds is 2. The second-order valence-electron chi connectivity index (χ2n) is 13.3. The van der Waals surface area contributed by atoms with Crippen molar-refractivity contribution in [2.75, 3.05) is 12.3 Å². The van der Waals surface area contributed by atoms with Crippen LogP contribution in [0.5, 0.6) is 0 Å². The normalized spacial score (nSPS) is 46.8. The van der Waals surface area contributed by atoms with E-state index in [0.29, 0.717) is 30.3 Å². The van der Waals surface area contributed by atoms with Gasteiger partial charge in [0.25, 0.3) is 0 Å². The lowest BCUT2D eigenvalue weighted by atomic mass is 9.66. The van der Waals surface area contributed by atoms with Gasteiger partial charge in [-0.2, -0.15) is 0 Å². The molecule has 0 amide bonds. The fourth-order valence-corrected chi connectivity index (χ4v) is 11.7. The molecule has 0 saturated carbocycles. The van der Waals surface area contributed by atoms with Gasteiger partial charge in [-0.15, -0.1) is 0 Å². The summed E-state index contributed by atoms with van der Waals surface area (Å²) in [5.74, 6) is 1.99. The Labute approximate surface area is 223 Å². The molecule has 37 heavy (non-hydrogen) atoms. The summed E-state index contributed by atoms with van der Waals surface area (Å²) in [6.07, 6.45) is 16.3. The third-order valence-electron chi connectivity index (χ3n) is 11.1. The van der Waals surface area contributed by atoms with E-state index in [1.807, 2.05) is 18.6 Å². The van der Waals surface area contributed by atoms with Crippen molar-refractivity contribution >= 4 is 10.8 Å². The van der Waals surface area contributed by atoms with Crippen LogP contribution in [0, 0.1) is 17.3 Å². The maximum atomic E-state index is 14.1. The zero-order valence-electron chi connectivity index (χ0n) is 22.3. The molecule has 5 fully saturated rings. The van der Waals surface area contributed by atoms with E-state index in [1.54, 1.807) is 12.5 Å². The molecule has 0 aromatic carbocycles. The summed E-state index contributed by atoms with van der Waals surface area (Å²) in [7, 11) is -0.923. The summed E-state index contributed by atoms with van der Waals surface area (Å²) in [4.78, 5) is 5.12. The summed E-state index contributed by atoms with van der Waals surface area (Å²) in [6.45, 7) is 5.78. The molecule has 0 radical (unpaired) electrons. The maximum Gasteiger partial charge on any atom is 0.109 e. The highest BCUT2D eigenvalue weighted by Crippen LogP contribution is 2.58. The fraction of sp³-hybridized carbons (Fsp3) is 0.733. The zero-order chi connectivity index (χ0) is 25.4. The summed E-state index contributed by atoms with van der Waals surface area (Å²) >= 11 is 0. The summed E-state index contributed by atoms with van der Waals surface area (Å²) in [6, 6.07) is 5.65. The SMILES string of the molecule is C[C@@H]1CC[C@@H](c2ccoc2)N2[C@@H](O)C[C@@]3(C[C@@H]12)C[C@@]1(CC[C@H]2[C@@H](C)CC[C@H](c4ccoc4)N2C1)C[S@@]3=O. The lowest BCUT2D eigenvalue weighted by Crippen LogP contribution is -2.61. The summed E-state index contributed by atoms with van der Waals surface area (Å²) in [5, 5.41) is 11.7. The molecule has 2 aromatic rings. The predicted molar refractivity (Wildman–Crippen MR) is 143 cm³/mol. The molecular weight excluding hydrogens is 484 g/mol. The highest BCUT2D eigenvalue weighted by molar-refractivity contribution is 7.86. The van der Waals surface area contributed by atoms with E-state index in [9.17, 15) is 9.32 Å². The van der Waals surface area contributed by atoms with Crippen molar-refractivity contribution in [3.05, 3.63) is 48.3 Å². The smallest absolute Gasteiger partial charge is 0.109 e. The van der Waals surface area contributed by atoms with Crippen LogP contribution < -0.4 is 0 Å². The van der Waals surface area contributed by atoms with E-state index in [1.165, 1.54) is 36.8 Å². The molecule has 7 heteroatoms. The van der Waals surface area contributed by atoms with Gasteiger partial charge in [-0.1, -0.05) is 13.8 Å². The average Bonchev–Trinajstić information content (AvgIpc) is 3.63. The molecule has 1 N–H and O–H groups in total. The molecule has 202 valence electrons. The second kappa shape index (κ2) is 9.07. The van der Waals surface area contributed by atoms with Crippen molar-refractivity contribution in [1.29, 1.82) is 0 Å². The Kier molecular flexibility index (Phi) is 6.04. The first-order valence-corrected chi connectivity index (χ1v) is 15.8. The minimum atomic E-state index is -0.923. The molecule has 0 bridgehead atoms. The lowest BCUT2D eigenvalue weighted by molar-refractivity contribution is -0.131. The van der Waals surface area contributed by atoms with Crippen LogP contribution in [-0.4, -0.2) is 54.5 Å². The van der Waals surface area contributed by atoms with Crippen molar-refractivity contribution < 1.29 is 18.1 Å². The minimum Gasteiger partial charge on any atom is -0.472 e. The van der Waals surface area contributed by atoms with Crippen LogP contribution in [0.15, 0.2) is 46.0 Å². The highest BCUT2D eigenvalue weighted by Gasteiger charge is 2.61. The number of hydrogen-bond acceptors (Lipinski definition) is 6. The van der Waals surface area contributed by atoms with Crippen LogP contribution in [0.25, 0.3) is 0 Å². The first-order chi connectivity index (χ1) is 17.9. The molecule has 0 unspecified atom stereocenters. The Morgan fingerprint density at radius 1 is 0.919 bits per heavy atom. The number of furan rings is 2. The second-order valence-corrected chi connectivity index (χ2v) is 15.1. The van der Waals surface area contributed by atoms with Gasteiger partial charge in [-0.25, -0.2) is 0 Å². The highest BCUT2D eigenvalue weighted by atomic mass is 32.2. The zero-order valence-corrected chi connectivity index (χ0v) is 23.1. The predicted octanol–water partition coefficient (Wildman–Crippen LogP) is 5.64. The van der Waals surface area contributed by atoms with E-state index in [2.05, 4.69) is 29.7 Å². The molecule has 6 nitrogen and oxygen atoms in total. The number of aliphatic hydroxyl groups excluding tert-OH is 1. The summed E-state index contributed by atoms with van der Waals surface area (Å²) < 4.78 is 24.8. The monoisotopic (exact) mass is 526 g/mol. The van der Waals surface area contributed by atoms with Gasteiger partial charge in [-0.3, -0.25) is 14.0 Å². The van der Waals surface area contributed by atoms with Crippen LogP contribution in [0.2, 0.25) is 0 Å². The molecule has 2 aromatic heterocycles. The van der Waals surface area contributed by atoms with Crippen LogP contribution in [0.4, 0.5) is 0 Å². The minimum absolute atomic E-state index is 0.0875. The third kappa shape index (κ3) is 3.94. The van der Waals surface area contributed by atoms with E-state index >= 15 is 0 Å². The number of aliphatic hydroxyl groups is 1. The molecule has 5 saturated heterocycles. The maximum absolute atomic E-state index is 14.1. The number of fused-ring (bicyclic) bond motifs is 2. The molecule has 7 heterocycles. The quantitative estimate of drug-likeness (QED) is 0.546. The summed E-state index contributed by atoms with van der Waals surface area (Å²) in [5.41, 5.74) is 2.55. The molecule has 7 rings (SSSR count). The Bertz CT molecular complexity index is 1120. The van der Waals surface area contributed by atoms with Gasteiger partial charge in [0.2, 0.25) is 0 Å². The molecule has 5 aliphatic heterocycles. The van der Waals surface area contributed by atoms with Crippen molar-refractivity contribution in [2.24, 2.45) is 17.3 Å². The third-order valence-corrected chi connectivity index (χ3v) is 13.4. The molecule has 10 atom stereocenters. The van der Waals surface area contributed by atoms with Crippen LogP contribution >= 0.6 is 0 Å². The lowest BCUT2D eigenvalue weighted by Gasteiger charge is -2.56. The van der Waals surface area contributed by atoms with Crippen molar-refractivity contribution in [3.63, 3.8) is 0 Å². The van der Waals surface area contributed by atoms with Gasteiger partial charge in [0.15, 0.2) is 0 Å². The van der Waals surface area contributed by atoms with Crippen molar-refractivity contribution in [2.45, 2.75) is 107 Å². The van der Waals surface area contributed by atoms with E-state index in [4.69, 9.17) is 8.83 Å². The first kappa shape index (κ1) is 24.6. The van der Waals surface area contributed by atoms with Gasteiger partial charge in [-0.05, 0) is 80.8 Å². The fourth-order valence-electron chi connectivity index (χ4n) is 9.32. The van der Waals surface area contributed by atoms with E-state index in [-0.39, 0.29) is 22.2 Å². The molecule has 5 aliphatic rings. The Morgan fingerprint density at radius 2 is 1.59 bits per heavy atom. The van der Waals surface area contributed by atoms with Crippen molar-refractivity contribution in [3.8, 4) is 0 Å². The molecule has 2 spiro atoms. The van der Waals surface area contributed by atoms with Gasteiger partial charge in [0.1, 0.15) is 6.23 Å². The average molecular weight is 527 g/mol. The Morgan fingerprint density at radius 3 is 2.30 bits per heavy atom.